The fourth-order valence-corrected chi connectivity index (χ4v) is 5.06. The van der Waals surface area contributed by atoms with E-state index < -0.39 is 6.43 Å². The van der Waals surface area contributed by atoms with Crippen molar-refractivity contribution >= 4 is 23.5 Å². The van der Waals surface area contributed by atoms with Gasteiger partial charge in [-0.15, -0.1) is 0 Å². The van der Waals surface area contributed by atoms with Crippen LogP contribution in [-0.4, -0.2) is 64.1 Å². The number of likely N-dealkylation sites (N-methyl/N-ethyl adjacent to an activating group) is 1. The smallest absolute Gasteiger partial charge is 0.309 e. The summed E-state index contributed by atoms with van der Waals surface area (Å²) in [6.45, 7) is 1.59. The van der Waals surface area contributed by atoms with Crippen molar-refractivity contribution in [2.45, 2.75) is 45.0 Å². The van der Waals surface area contributed by atoms with Gasteiger partial charge in [0.15, 0.2) is 6.61 Å². The first-order valence-corrected chi connectivity index (χ1v) is 13.6. The van der Waals surface area contributed by atoms with Crippen LogP contribution >= 0.6 is 0 Å². The van der Waals surface area contributed by atoms with E-state index in [-0.39, 0.29) is 54.2 Å². The van der Waals surface area contributed by atoms with Crippen LogP contribution in [-0.2, 0) is 14.3 Å². The molecular formula is C30H35F2N5O4. The summed E-state index contributed by atoms with van der Waals surface area (Å²) in [5.41, 5.74) is 2.98. The van der Waals surface area contributed by atoms with Gasteiger partial charge in [0.25, 0.3) is 12.3 Å². The van der Waals surface area contributed by atoms with Gasteiger partial charge in [-0.05, 0) is 80.5 Å². The van der Waals surface area contributed by atoms with Crippen LogP contribution in [0.25, 0.3) is 11.3 Å². The average Bonchev–Trinajstić information content (AvgIpc) is 2.96. The molecule has 9 nitrogen and oxygen atoms in total. The molecule has 11 heteroatoms. The molecule has 3 aromatic rings. The van der Waals surface area contributed by atoms with Crippen LogP contribution < -0.4 is 5.32 Å². The second-order valence-corrected chi connectivity index (χ2v) is 10.6. The highest BCUT2D eigenvalue weighted by atomic mass is 19.3. The zero-order chi connectivity index (χ0) is 29.5. The number of pyridine rings is 3. The zero-order valence-corrected chi connectivity index (χ0v) is 23.4. The maximum Gasteiger partial charge on any atom is 0.309 e. The predicted molar refractivity (Wildman–Crippen MR) is 150 cm³/mol. The molecule has 41 heavy (non-hydrogen) atoms. The maximum atomic E-state index is 13.1. The fraction of sp³-hybridized carbons (Fsp3) is 0.433. The van der Waals surface area contributed by atoms with Gasteiger partial charge in [0.2, 0.25) is 0 Å². The van der Waals surface area contributed by atoms with Gasteiger partial charge in [0.1, 0.15) is 11.6 Å². The zero-order valence-electron chi connectivity index (χ0n) is 23.4. The van der Waals surface area contributed by atoms with Crippen LogP contribution in [0.4, 0.5) is 20.4 Å². The maximum absolute atomic E-state index is 13.1. The highest BCUT2D eigenvalue weighted by Crippen LogP contribution is 2.38. The molecule has 0 aromatic carbocycles. The number of aliphatic hydroxyl groups excluding tert-OH is 1. The molecule has 1 amide bonds. The molecule has 0 saturated heterocycles. The Hall–Kier alpha value is -3.99. The van der Waals surface area contributed by atoms with E-state index in [0.29, 0.717) is 24.4 Å². The second kappa shape index (κ2) is 13.6. The lowest BCUT2D eigenvalue weighted by atomic mass is 9.75. The van der Waals surface area contributed by atoms with Crippen LogP contribution in [0.5, 0.6) is 0 Å². The number of halogens is 2. The minimum absolute atomic E-state index is 0.0646. The molecule has 2 N–H and O–H groups in total. The Balaban J connectivity index is 1.40. The third kappa shape index (κ3) is 7.81. The van der Waals surface area contributed by atoms with Crippen molar-refractivity contribution in [3.63, 3.8) is 0 Å². The highest BCUT2D eigenvalue weighted by molar-refractivity contribution is 5.81. The lowest BCUT2D eigenvalue weighted by Gasteiger charge is -2.32. The molecule has 3 heterocycles. The first kappa shape index (κ1) is 30.0. The first-order valence-electron chi connectivity index (χ1n) is 13.6. The summed E-state index contributed by atoms with van der Waals surface area (Å²) in [4.78, 5) is 38.9. The number of esters is 1. The molecule has 1 saturated carbocycles. The van der Waals surface area contributed by atoms with E-state index in [1.807, 2.05) is 25.1 Å². The molecule has 3 aromatic heterocycles. The van der Waals surface area contributed by atoms with Gasteiger partial charge in [-0.25, -0.2) is 18.7 Å². The van der Waals surface area contributed by atoms with E-state index in [0.717, 1.165) is 29.7 Å². The molecule has 218 valence electrons. The number of carbonyl (C=O) groups is 2. The molecule has 1 unspecified atom stereocenters. The van der Waals surface area contributed by atoms with Crippen molar-refractivity contribution in [1.29, 1.82) is 0 Å². The van der Waals surface area contributed by atoms with E-state index in [1.165, 1.54) is 23.2 Å². The summed E-state index contributed by atoms with van der Waals surface area (Å²) in [7, 11) is 3.23. The normalized spacial score (nSPS) is 17.6. The Labute approximate surface area is 238 Å². The number of hydrogen-bond donors (Lipinski definition) is 2. The predicted octanol–water partition coefficient (Wildman–Crippen LogP) is 5.04. The van der Waals surface area contributed by atoms with Crippen molar-refractivity contribution in [2.75, 3.05) is 32.6 Å². The van der Waals surface area contributed by atoms with E-state index in [9.17, 15) is 23.5 Å². The van der Waals surface area contributed by atoms with E-state index in [4.69, 9.17) is 4.74 Å². The number of nitrogens with zero attached hydrogens (tertiary/aromatic N) is 4. The minimum atomic E-state index is -2.59. The molecule has 1 atom stereocenters. The molecule has 1 aliphatic carbocycles. The topological polar surface area (TPSA) is 118 Å². The number of carbonyl (C=O) groups excluding carboxylic acids is 2. The van der Waals surface area contributed by atoms with Gasteiger partial charge in [-0.1, -0.05) is 0 Å². The average molecular weight is 568 g/mol. The summed E-state index contributed by atoms with van der Waals surface area (Å²) in [6, 6.07) is 10.1. The van der Waals surface area contributed by atoms with Gasteiger partial charge in [-0.2, -0.15) is 0 Å². The molecule has 4 rings (SSSR count). The number of hydrogen-bond acceptors (Lipinski definition) is 8. The van der Waals surface area contributed by atoms with Crippen molar-refractivity contribution in [1.82, 2.24) is 19.9 Å². The molecule has 0 radical (unpaired) electrons. The fourth-order valence-electron chi connectivity index (χ4n) is 5.06. The number of anilines is 2. The number of ether oxygens (including phenoxy) is 1. The summed E-state index contributed by atoms with van der Waals surface area (Å²) >= 11 is 0. The SMILES string of the molecule is Cc1cc(Nc2cc(C(F)F)ccn2)nc(-c2ccc(C(CO)C3CCC(C(=O)OCC(=O)N(C)C)CC3)nc2)c1. The van der Waals surface area contributed by atoms with Crippen molar-refractivity contribution < 1.29 is 28.2 Å². The van der Waals surface area contributed by atoms with Crippen LogP contribution in [0.2, 0.25) is 0 Å². The van der Waals surface area contributed by atoms with E-state index in [1.54, 1.807) is 26.4 Å². The third-order valence-electron chi connectivity index (χ3n) is 7.43. The number of aryl methyl sites for hydroxylation is 1. The molecular weight excluding hydrogens is 532 g/mol. The van der Waals surface area contributed by atoms with Crippen LogP contribution in [0, 0.1) is 18.8 Å². The van der Waals surface area contributed by atoms with Gasteiger partial charge >= 0.3 is 5.97 Å². The van der Waals surface area contributed by atoms with E-state index in [2.05, 4.69) is 20.3 Å². The molecule has 0 aliphatic heterocycles. The molecule has 1 aliphatic rings. The van der Waals surface area contributed by atoms with Crippen LogP contribution in [0.15, 0.2) is 48.8 Å². The Morgan fingerprint density at radius 2 is 1.83 bits per heavy atom. The van der Waals surface area contributed by atoms with Crippen molar-refractivity contribution in [2.24, 2.45) is 11.8 Å². The Kier molecular flexibility index (Phi) is 9.93. The molecule has 0 spiro atoms. The standard InChI is InChI=1S/C30H35F2N5O4/c1-18-12-25(35-27(13-18)36-26-14-21(29(31)32)10-11-33-26)22-8-9-24(34-15-22)23(16-38)19-4-6-20(7-5-19)30(40)41-17-28(39)37(2)3/h8-15,19-20,23,29,38H,4-7,16-17H2,1-3H3,(H,33,35,36). The number of aromatic nitrogens is 3. The Bertz CT molecular complexity index is 1340. The number of amides is 1. The van der Waals surface area contributed by atoms with Gasteiger partial charge in [-0.3, -0.25) is 14.6 Å². The lowest BCUT2D eigenvalue weighted by molar-refractivity contribution is -0.155. The van der Waals surface area contributed by atoms with Crippen LogP contribution in [0.1, 0.15) is 54.8 Å². The summed E-state index contributed by atoms with van der Waals surface area (Å²) < 4.78 is 31.3. The van der Waals surface area contributed by atoms with Crippen molar-refractivity contribution in [3.05, 3.63) is 65.6 Å². The first-order chi connectivity index (χ1) is 19.6. The third-order valence-corrected chi connectivity index (χ3v) is 7.43. The monoisotopic (exact) mass is 567 g/mol. The minimum Gasteiger partial charge on any atom is -0.455 e. The second-order valence-electron chi connectivity index (χ2n) is 10.6. The highest BCUT2D eigenvalue weighted by Gasteiger charge is 2.32. The number of aliphatic hydroxyl groups is 1. The molecule has 1 fully saturated rings. The van der Waals surface area contributed by atoms with Crippen molar-refractivity contribution in [3.8, 4) is 11.3 Å². The van der Waals surface area contributed by atoms with Gasteiger partial charge < -0.3 is 20.1 Å². The number of alkyl halides is 2. The quantitative estimate of drug-likeness (QED) is 0.327. The summed E-state index contributed by atoms with van der Waals surface area (Å²) in [5.74, 6) is -0.124. The number of nitrogens with one attached hydrogen (secondary N) is 1. The number of rotatable bonds is 10. The Morgan fingerprint density at radius 3 is 2.46 bits per heavy atom. The summed E-state index contributed by atoms with van der Waals surface area (Å²) in [5, 5.41) is 13.2. The largest absolute Gasteiger partial charge is 0.455 e. The van der Waals surface area contributed by atoms with Crippen LogP contribution in [0.3, 0.4) is 0 Å². The van der Waals surface area contributed by atoms with Gasteiger partial charge in [0.05, 0.1) is 18.2 Å². The lowest BCUT2D eigenvalue weighted by Crippen LogP contribution is -2.31. The Morgan fingerprint density at radius 1 is 1.07 bits per heavy atom. The van der Waals surface area contributed by atoms with Gasteiger partial charge in [0, 0.05) is 49.2 Å². The summed E-state index contributed by atoms with van der Waals surface area (Å²) in [6.07, 6.45) is 3.19. The van der Waals surface area contributed by atoms with E-state index >= 15 is 0 Å². The molecule has 0 bridgehead atoms.